The molecule has 10 heteroatoms. The molecule has 1 heterocycles. The number of Topliss-reactive ketones (excluding diaryl/α,β-unsaturated/α-hetero) is 2. The summed E-state index contributed by atoms with van der Waals surface area (Å²) in [6.07, 6.45) is 11.2. The van der Waals surface area contributed by atoms with Gasteiger partial charge in [0.2, 0.25) is 5.91 Å². The van der Waals surface area contributed by atoms with Crippen LogP contribution in [0.15, 0.2) is 91.9 Å². The van der Waals surface area contributed by atoms with Crippen molar-refractivity contribution < 1.29 is 28.7 Å². The van der Waals surface area contributed by atoms with E-state index in [0.717, 1.165) is 33.7 Å². The molecule has 0 radical (unpaired) electrons. The molecule has 1 aromatic heterocycles. The summed E-state index contributed by atoms with van der Waals surface area (Å²) >= 11 is 0. The molecule has 3 aromatic carbocycles. The largest absolute Gasteiger partial charge is 0.444 e. The second-order valence-corrected chi connectivity index (χ2v) is 17.2. The minimum atomic E-state index is -1.40. The zero-order valence-electron chi connectivity index (χ0n) is 35.8. The SMILES string of the molecule is C=C(CC(=O)[C@@H](COCc1ccccc1)NC(=O)C(C)(C)NC(=O)OC(C)(C)C)c1cn(C(C(C)=O)c2cccc3ccccc23)cn1.CCC1CCCC(C)CC1. The van der Waals surface area contributed by atoms with Gasteiger partial charge in [-0.05, 0) is 80.9 Å². The minimum absolute atomic E-state index is 0.0714. The predicted octanol–water partition coefficient (Wildman–Crippen LogP) is 9.80. The number of imidazole rings is 1. The molecule has 1 aliphatic carbocycles. The van der Waals surface area contributed by atoms with Gasteiger partial charge >= 0.3 is 6.09 Å². The Morgan fingerprint density at radius 3 is 2.29 bits per heavy atom. The molecule has 0 bridgehead atoms. The quantitative estimate of drug-likeness (QED) is 0.115. The molecule has 1 fully saturated rings. The van der Waals surface area contributed by atoms with Crippen molar-refractivity contribution in [3.8, 4) is 0 Å². The number of hydrogen-bond donors (Lipinski definition) is 2. The number of fused-ring (bicyclic) bond motifs is 1. The van der Waals surface area contributed by atoms with Gasteiger partial charge in [0.25, 0.3) is 0 Å². The number of benzene rings is 3. The summed E-state index contributed by atoms with van der Waals surface area (Å²) in [5.41, 5.74) is 0.437. The van der Waals surface area contributed by atoms with Gasteiger partial charge in [-0.3, -0.25) is 14.4 Å². The Labute approximate surface area is 345 Å². The average molecular weight is 793 g/mol. The predicted molar refractivity (Wildman–Crippen MR) is 231 cm³/mol. The van der Waals surface area contributed by atoms with Crippen molar-refractivity contribution in [3.05, 3.63) is 109 Å². The zero-order chi connectivity index (χ0) is 42.5. The van der Waals surface area contributed by atoms with Crippen LogP contribution in [-0.2, 0) is 30.5 Å². The van der Waals surface area contributed by atoms with E-state index in [9.17, 15) is 19.2 Å². The van der Waals surface area contributed by atoms with E-state index in [1.165, 1.54) is 59.3 Å². The molecule has 1 aliphatic rings. The van der Waals surface area contributed by atoms with E-state index in [1.807, 2.05) is 72.8 Å². The van der Waals surface area contributed by atoms with Gasteiger partial charge in [-0.15, -0.1) is 0 Å². The molecule has 4 atom stereocenters. The number of rotatable bonds is 15. The van der Waals surface area contributed by atoms with Gasteiger partial charge in [0.05, 0.1) is 25.2 Å². The third-order valence-corrected chi connectivity index (χ3v) is 10.6. The first-order valence-corrected chi connectivity index (χ1v) is 20.6. The monoisotopic (exact) mass is 792 g/mol. The molecule has 0 saturated heterocycles. The Morgan fingerprint density at radius 2 is 1.60 bits per heavy atom. The van der Waals surface area contributed by atoms with Crippen molar-refractivity contribution in [1.82, 2.24) is 20.2 Å². The second kappa shape index (κ2) is 21.1. The van der Waals surface area contributed by atoms with Crippen LogP contribution in [-0.4, -0.2) is 56.9 Å². The number of aromatic nitrogens is 2. The van der Waals surface area contributed by atoms with Crippen LogP contribution < -0.4 is 10.6 Å². The van der Waals surface area contributed by atoms with Crippen LogP contribution in [0.4, 0.5) is 4.79 Å². The van der Waals surface area contributed by atoms with Crippen molar-refractivity contribution in [2.75, 3.05) is 6.61 Å². The van der Waals surface area contributed by atoms with E-state index >= 15 is 0 Å². The lowest BCUT2D eigenvalue weighted by Gasteiger charge is -2.29. The molecule has 312 valence electrons. The lowest BCUT2D eigenvalue weighted by atomic mass is 9.96. The van der Waals surface area contributed by atoms with Gasteiger partial charge in [0.1, 0.15) is 23.2 Å². The van der Waals surface area contributed by atoms with Crippen LogP contribution >= 0.6 is 0 Å². The van der Waals surface area contributed by atoms with Crippen LogP contribution in [0.5, 0.6) is 0 Å². The smallest absolute Gasteiger partial charge is 0.408 e. The Kier molecular flexibility index (Phi) is 16.6. The summed E-state index contributed by atoms with van der Waals surface area (Å²) in [6.45, 7) is 18.7. The van der Waals surface area contributed by atoms with Gasteiger partial charge in [0.15, 0.2) is 11.6 Å². The van der Waals surface area contributed by atoms with Crippen LogP contribution in [0.25, 0.3) is 16.3 Å². The first-order valence-electron chi connectivity index (χ1n) is 20.6. The fourth-order valence-electron chi connectivity index (χ4n) is 7.17. The minimum Gasteiger partial charge on any atom is -0.444 e. The van der Waals surface area contributed by atoms with Crippen LogP contribution in [0, 0.1) is 11.8 Å². The summed E-state index contributed by atoms with van der Waals surface area (Å²) in [4.78, 5) is 56.9. The summed E-state index contributed by atoms with van der Waals surface area (Å²) in [5.74, 6) is 1.05. The van der Waals surface area contributed by atoms with Crippen LogP contribution in [0.1, 0.15) is 123 Å². The highest BCUT2D eigenvalue weighted by Gasteiger charge is 2.35. The lowest BCUT2D eigenvalue weighted by Crippen LogP contribution is -2.59. The summed E-state index contributed by atoms with van der Waals surface area (Å²) in [6, 6.07) is 21.5. The number of carbonyl (C=O) groups is 4. The fraction of sp³-hybridized carbons (Fsp3) is 0.479. The molecule has 5 rings (SSSR count). The van der Waals surface area contributed by atoms with Crippen molar-refractivity contribution in [3.63, 3.8) is 0 Å². The topological polar surface area (TPSA) is 129 Å². The lowest BCUT2D eigenvalue weighted by molar-refractivity contribution is -0.132. The van der Waals surface area contributed by atoms with Gasteiger partial charge in [-0.25, -0.2) is 9.78 Å². The molecule has 1 saturated carbocycles. The van der Waals surface area contributed by atoms with Gasteiger partial charge in [0, 0.05) is 12.6 Å². The first-order chi connectivity index (χ1) is 27.5. The molecule has 10 nitrogen and oxygen atoms in total. The zero-order valence-corrected chi connectivity index (χ0v) is 35.8. The van der Waals surface area contributed by atoms with Gasteiger partial charge in [-0.2, -0.15) is 0 Å². The number of nitrogens with one attached hydrogen (secondary N) is 2. The average Bonchev–Trinajstić information content (AvgIpc) is 3.55. The Balaban J connectivity index is 0.000000648. The van der Waals surface area contributed by atoms with E-state index in [-0.39, 0.29) is 31.2 Å². The van der Waals surface area contributed by atoms with Gasteiger partial charge < -0.3 is 24.7 Å². The fourth-order valence-corrected chi connectivity index (χ4v) is 7.17. The van der Waals surface area contributed by atoms with E-state index in [1.54, 1.807) is 37.9 Å². The maximum absolute atomic E-state index is 13.7. The van der Waals surface area contributed by atoms with Crippen molar-refractivity contribution in [1.29, 1.82) is 0 Å². The molecule has 0 aliphatic heterocycles. The second-order valence-electron chi connectivity index (χ2n) is 17.2. The maximum Gasteiger partial charge on any atom is 0.408 e. The summed E-state index contributed by atoms with van der Waals surface area (Å²) < 4.78 is 12.9. The van der Waals surface area contributed by atoms with E-state index in [4.69, 9.17) is 9.47 Å². The van der Waals surface area contributed by atoms with E-state index in [2.05, 4.69) is 36.0 Å². The highest BCUT2D eigenvalue weighted by atomic mass is 16.6. The number of hydrogen-bond acceptors (Lipinski definition) is 7. The van der Waals surface area contributed by atoms with Gasteiger partial charge in [-0.1, -0.05) is 132 Å². The number of alkyl carbamates (subject to hydrolysis) is 1. The molecule has 4 aromatic rings. The third kappa shape index (κ3) is 13.8. The Hall–Kier alpha value is -5.09. The maximum atomic E-state index is 13.7. The third-order valence-electron chi connectivity index (χ3n) is 10.6. The van der Waals surface area contributed by atoms with E-state index < -0.39 is 35.2 Å². The van der Waals surface area contributed by atoms with Crippen LogP contribution in [0.2, 0.25) is 0 Å². The molecule has 58 heavy (non-hydrogen) atoms. The van der Waals surface area contributed by atoms with E-state index in [0.29, 0.717) is 11.3 Å². The molecule has 0 spiro atoms. The molecule has 2 amide bonds. The molecule has 3 unspecified atom stereocenters. The Bertz CT molecular complexity index is 1990. The Morgan fingerprint density at radius 1 is 0.914 bits per heavy atom. The number of allylic oxidation sites excluding steroid dienone is 1. The summed E-state index contributed by atoms with van der Waals surface area (Å²) in [7, 11) is 0. The number of amides is 2. The standard InChI is InChI=1S/C38H44N4O6.C10H20/c1-25(31-21-42(24-39-31)34(26(2)43)30-19-13-17-28-16-11-12-18-29(28)30)20-33(44)32(23-47-22-27-14-9-8-10-15-27)40-35(45)38(6,7)41-36(46)48-37(3,4)5;1-3-10-6-4-5-9(2)7-8-10/h8-19,21,24,32,34H,1,20,22-23H2,2-7H3,(H,40,45)(H,41,46);9-10H,3-8H2,1-2H3/t32-,34?;/m1./s1. The highest BCUT2D eigenvalue weighted by Crippen LogP contribution is 2.30. The molecular weight excluding hydrogens is 729 g/mol. The van der Waals surface area contributed by atoms with Crippen molar-refractivity contribution in [2.45, 2.75) is 130 Å². The normalized spacial score (nSPS) is 16.8. The van der Waals surface area contributed by atoms with Crippen LogP contribution in [0.3, 0.4) is 0 Å². The number of nitrogens with zero attached hydrogens (tertiary/aromatic N) is 2. The summed E-state index contributed by atoms with van der Waals surface area (Å²) in [5, 5.41) is 7.30. The molecule has 2 N–H and O–H groups in total. The number of ketones is 2. The first kappa shape index (κ1) is 45.6. The van der Waals surface area contributed by atoms with Crippen molar-refractivity contribution in [2.24, 2.45) is 11.8 Å². The number of carbonyl (C=O) groups excluding carboxylic acids is 4. The van der Waals surface area contributed by atoms with Crippen molar-refractivity contribution >= 4 is 39.9 Å². The number of ether oxygens (including phenoxy) is 2. The molecular formula is C48H64N4O6. The highest BCUT2D eigenvalue weighted by molar-refractivity contribution is 5.98.